The summed E-state index contributed by atoms with van der Waals surface area (Å²) in [6.07, 6.45) is 7.91. The summed E-state index contributed by atoms with van der Waals surface area (Å²) in [7, 11) is 0. The topological polar surface area (TPSA) is 39.1 Å². The van der Waals surface area contributed by atoms with Crippen molar-refractivity contribution in [3.05, 3.63) is 0 Å². The van der Waals surface area contributed by atoms with Crippen LogP contribution in [0.5, 0.6) is 0 Å². The highest BCUT2D eigenvalue weighted by molar-refractivity contribution is 5.07. The van der Waals surface area contributed by atoms with Gasteiger partial charge < -0.3 is 0 Å². The molecule has 0 aromatic heterocycles. The van der Waals surface area contributed by atoms with E-state index in [1.54, 1.807) is 0 Å². The predicted octanol–water partition coefficient (Wildman–Crippen LogP) is 3.31. The Morgan fingerprint density at radius 3 is 2.60 bits per heavy atom. The van der Waals surface area contributed by atoms with Crippen LogP contribution in [0, 0.1) is 17.2 Å². The molecule has 1 aliphatic carbocycles. The van der Waals surface area contributed by atoms with Gasteiger partial charge >= 0.3 is 0 Å². The van der Waals surface area contributed by atoms with Crippen molar-refractivity contribution < 1.29 is 0 Å². The molecule has 0 aromatic rings. The highest BCUT2D eigenvalue weighted by Gasteiger charge is 2.39. The number of nitrogens with zero attached hydrogens (tertiary/aromatic N) is 2. The molecule has 114 valence electrons. The number of rotatable bonds is 5. The average Bonchev–Trinajstić information content (AvgIpc) is 2.81. The first kappa shape index (κ1) is 15.8. The fourth-order valence-corrected chi connectivity index (χ4v) is 4.47. The molecule has 0 spiro atoms. The zero-order chi connectivity index (χ0) is 14.8. The van der Waals surface area contributed by atoms with Crippen LogP contribution in [0.1, 0.15) is 66.2 Å². The first-order valence-electron chi connectivity index (χ1n) is 8.40. The van der Waals surface area contributed by atoms with Crippen LogP contribution in [-0.4, -0.2) is 35.1 Å². The Kier molecular flexibility index (Phi) is 5.09. The lowest BCUT2D eigenvalue weighted by Crippen LogP contribution is -2.51. The molecule has 2 rings (SSSR count). The van der Waals surface area contributed by atoms with E-state index in [1.807, 2.05) is 0 Å². The molecule has 0 radical (unpaired) electrons. The Morgan fingerprint density at radius 2 is 1.95 bits per heavy atom. The van der Waals surface area contributed by atoms with E-state index in [0.29, 0.717) is 12.1 Å². The fourth-order valence-electron chi connectivity index (χ4n) is 4.47. The first-order valence-corrected chi connectivity index (χ1v) is 8.40. The molecule has 0 bridgehead atoms. The maximum Gasteiger partial charge on any atom is 0.105 e. The predicted molar refractivity (Wildman–Crippen MR) is 83.4 cm³/mol. The molecule has 3 heteroatoms. The van der Waals surface area contributed by atoms with Crippen molar-refractivity contribution in [2.24, 2.45) is 5.92 Å². The summed E-state index contributed by atoms with van der Waals surface area (Å²) in [6.45, 7) is 9.84. The molecule has 2 fully saturated rings. The molecule has 1 saturated carbocycles. The van der Waals surface area contributed by atoms with Crippen molar-refractivity contribution in [1.29, 1.82) is 5.26 Å². The summed E-state index contributed by atoms with van der Waals surface area (Å²) in [5.41, 5.74) is -0.402. The SMILES string of the molecule is CC(C)NC(C)(C#N)CC(C)N1CCC2CCCCC21. The second-order valence-electron chi connectivity index (χ2n) is 7.43. The van der Waals surface area contributed by atoms with Gasteiger partial charge in [-0.15, -0.1) is 0 Å². The van der Waals surface area contributed by atoms with Crippen molar-refractivity contribution in [2.75, 3.05) is 6.54 Å². The molecule has 2 aliphatic rings. The van der Waals surface area contributed by atoms with E-state index in [4.69, 9.17) is 0 Å². The van der Waals surface area contributed by atoms with Crippen LogP contribution in [0.3, 0.4) is 0 Å². The minimum Gasteiger partial charge on any atom is -0.297 e. The van der Waals surface area contributed by atoms with Crippen LogP contribution in [0.4, 0.5) is 0 Å². The molecular formula is C17H31N3. The maximum atomic E-state index is 9.53. The maximum absolute atomic E-state index is 9.53. The highest BCUT2D eigenvalue weighted by Crippen LogP contribution is 2.38. The number of hydrogen-bond acceptors (Lipinski definition) is 3. The van der Waals surface area contributed by atoms with E-state index in [-0.39, 0.29) is 0 Å². The molecule has 4 unspecified atom stereocenters. The van der Waals surface area contributed by atoms with Gasteiger partial charge in [0.2, 0.25) is 0 Å². The Hall–Kier alpha value is -0.590. The second-order valence-corrected chi connectivity index (χ2v) is 7.43. The van der Waals surface area contributed by atoms with Crippen LogP contribution >= 0.6 is 0 Å². The molecule has 20 heavy (non-hydrogen) atoms. The molecule has 1 aliphatic heterocycles. The zero-order valence-corrected chi connectivity index (χ0v) is 13.7. The van der Waals surface area contributed by atoms with Gasteiger partial charge in [0.05, 0.1) is 6.07 Å². The summed E-state index contributed by atoms with van der Waals surface area (Å²) in [5, 5.41) is 13.0. The van der Waals surface area contributed by atoms with Crippen LogP contribution < -0.4 is 5.32 Å². The van der Waals surface area contributed by atoms with Crippen molar-refractivity contribution in [3.63, 3.8) is 0 Å². The summed E-state index contributed by atoms with van der Waals surface area (Å²) in [5.74, 6) is 0.928. The number of fused-ring (bicyclic) bond motifs is 1. The number of hydrogen-bond donors (Lipinski definition) is 1. The quantitative estimate of drug-likeness (QED) is 0.838. The molecular weight excluding hydrogens is 246 g/mol. The molecule has 4 atom stereocenters. The third-order valence-corrected chi connectivity index (χ3v) is 5.18. The van der Waals surface area contributed by atoms with Crippen molar-refractivity contribution in [3.8, 4) is 6.07 Å². The van der Waals surface area contributed by atoms with Gasteiger partial charge in [-0.1, -0.05) is 12.8 Å². The van der Waals surface area contributed by atoms with Gasteiger partial charge in [-0.3, -0.25) is 10.2 Å². The monoisotopic (exact) mass is 277 g/mol. The molecule has 1 heterocycles. The van der Waals surface area contributed by atoms with E-state index in [0.717, 1.165) is 18.4 Å². The van der Waals surface area contributed by atoms with Gasteiger partial charge in [-0.05, 0) is 65.8 Å². The summed E-state index contributed by atoms with van der Waals surface area (Å²) < 4.78 is 0. The molecule has 1 N–H and O–H groups in total. The van der Waals surface area contributed by atoms with Crippen LogP contribution in [0.2, 0.25) is 0 Å². The lowest BCUT2D eigenvalue weighted by atomic mass is 9.84. The summed E-state index contributed by atoms with van der Waals surface area (Å²) >= 11 is 0. The normalized spacial score (nSPS) is 31.6. The van der Waals surface area contributed by atoms with Crippen LogP contribution in [-0.2, 0) is 0 Å². The third kappa shape index (κ3) is 3.54. The molecule has 0 amide bonds. The van der Waals surface area contributed by atoms with E-state index >= 15 is 0 Å². The minimum absolute atomic E-state index is 0.354. The van der Waals surface area contributed by atoms with Gasteiger partial charge in [0.15, 0.2) is 0 Å². The van der Waals surface area contributed by atoms with Crippen molar-refractivity contribution in [1.82, 2.24) is 10.2 Å². The van der Waals surface area contributed by atoms with E-state index in [9.17, 15) is 5.26 Å². The summed E-state index contributed by atoms with van der Waals surface area (Å²) in [6, 6.07) is 4.14. The number of nitrogens with one attached hydrogen (secondary N) is 1. The standard InChI is InChI=1S/C17H31N3/c1-13(2)19-17(4,12-18)11-14(3)20-10-9-15-7-5-6-8-16(15)20/h13-16,19H,5-11H2,1-4H3. The van der Waals surface area contributed by atoms with Crippen LogP contribution in [0.15, 0.2) is 0 Å². The largest absolute Gasteiger partial charge is 0.297 e. The Bertz CT molecular complexity index is 360. The van der Waals surface area contributed by atoms with Gasteiger partial charge in [-0.25, -0.2) is 0 Å². The van der Waals surface area contributed by atoms with Crippen molar-refractivity contribution in [2.45, 2.75) is 89.9 Å². The minimum atomic E-state index is -0.402. The lowest BCUT2D eigenvalue weighted by Gasteiger charge is -2.38. The number of likely N-dealkylation sites (tertiary alicyclic amines) is 1. The third-order valence-electron chi connectivity index (χ3n) is 5.18. The average molecular weight is 277 g/mol. The van der Waals surface area contributed by atoms with Gasteiger partial charge in [0, 0.05) is 18.1 Å². The molecule has 1 saturated heterocycles. The summed E-state index contributed by atoms with van der Waals surface area (Å²) in [4.78, 5) is 2.70. The van der Waals surface area contributed by atoms with Crippen molar-refractivity contribution >= 4 is 0 Å². The number of nitriles is 1. The highest BCUT2D eigenvalue weighted by atomic mass is 15.2. The zero-order valence-electron chi connectivity index (χ0n) is 13.7. The molecule has 0 aromatic carbocycles. The molecule has 3 nitrogen and oxygen atoms in total. The van der Waals surface area contributed by atoms with Gasteiger partial charge in [0.1, 0.15) is 5.54 Å². The Morgan fingerprint density at radius 1 is 1.25 bits per heavy atom. The Balaban J connectivity index is 1.97. The van der Waals surface area contributed by atoms with E-state index < -0.39 is 5.54 Å². The van der Waals surface area contributed by atoms with E-state index in [1.165, 1.54) is 38.6 Å². The van der Waals surface area contributed by atoms with E-state index in [2.05, 4.69) is 44.0 Å². The van der Waals surface area contributed by atoms with Gasteiger partial charge in [0.25, 0.3) is 0 Å². The Labute approximate surface area is 124 Å². The van der Waals surface area contributed by atoms with Crippen LogP contribution in [0.25, 0.3) is 0 Å². The smallest absolute Gasteiger partial charge is 0.105 e. The lowest BCUT2D eigenvalue weighted by molar-refractivity contribution is 0.121. The first-order chi connectivity index (χ1) is 9.45. The van der Waals surface area contributed by atoms with Gasteiger partial charge in [-0.2, -0.15) is 5.26 Å². The fraction of sp³-hybridized carbons (Fsp3) is 0.941. The second kappa shape index (κ2) is 6.45.